The first-order chi connectivity index (χ1) is 7.59. The van der Waals surface area contributed by atoms with Crippen LogP contribution in [0.5, 0.6) is 0 Å². The van der Waals surface area contributed by atoms with E-state index in [1.54, 1.807) is 5.38 Å². The summed E-state index contributed by atoms with van der Waals surface area (Å²) in [6, 6.07) is 0. The molecule has 1 saturated carbocycles. The maximum Gasteiger partial charge on any atom is 0.270 e. The predicted octanol–water partition coefficient (Wildman–Crippen LogP) is 2.04. The van der Waals surface area contributed by atoms with E-state index in [1.807, 2.05) is 0 Å². The summed E-state index contributed by atoms with van der Waals surface area (Å²) in [5.41, 5.74) is 6.20. The van der Waals surface area contributed by atoms with Gasteiger partial charge in [-0.1, -0.05) is 19.8 Å². The highest BCUT2D eigenvalue weighted by atomic mass is 32.1. The fourth-order valence-electron chi connectivity index (χ4n) is 2.18. The lowest BCUT2D eigenvalue weighted by atomic mass is 9.89. The van der Waals surface area contributed by atoms with Crippen molar-refractivity contribution in [2.24, 2.45) is 5.41 Å². The Kier molecular flexibility index (Phi) is 3.14. The van der Waals surface area contributed by atoms with Gasteiger partial charge in [-0.2, -0.15) is 0 Å². The lowest BCUT2D eigenvalue weighted by Gasteiger charge is -2.23. The van der Waals surface area contributed by atoms with Crippen LogP contribution in [-0.2, 0) is 0 Å². The van der Waals surface area contributed by atoms with Gasteiger partial charge in [0.05, 0.1) is 0 Å². The van der Waals surface area contributed by atoms with Crippen LogP contribution in [0.25, 0.3) is 0 Å². The quantitative estimate of drug-likeness (QED) is 0.848. The van der Waals surface area contributed by atoms with Gasteiger partial charge in [-0.15, -0.1) is 11.3 Å². The molecule has 16 heavy (non-hydrogen) atoms. The summed E-state index contributed by atoms with van der Waals surface area (Å²) < 4.78 is 0. The summed E-state index contributed by atoms with van der Waals surface area (Å²) in [4.78, 5) is 15.7. The van der Waals surface area contributed by atoms with E-state index < -0.39 is 0 Å². The van der Waals surface area contributed by atoms with Gasteiger partial charge in [0.2, 0.25) is 0 Å². The summed E-state index contributed by atoms with van der Waals surface area (Å²) in [6.07, 6.45) is 4.95. The van der Waals surface area contributed by atoms with Gasteiger partial charge in [-0.3, -0.25) is 4.79 Å². The number of hydrogen-bond acceptors (Lipinski definition) is 4. The second-order valence-corrected chi connectivity index (χ2v) is 5.66. The number of hydrogen-bond donors (Lipinski definition) is 2. The second-order valence-electron chi connectivity index (χ2n) is 4.77. The standard InChI is InChI=1S/C11H17N3OS/c1-11(4-2-3-5-11)7-13-9(15)8-6-16-10(12)14-8/h6H,2-5,7H2,1H3,(H2,12,14)(H,13,15). The fraction of sp³-hybridized carbons (Fsp3) is 0.636. The fourth-order valence-corrected chi connectivity index (χ4v) is 2.72. The van der Waals surface area contributed by atoms with Crippen molar-refractivity contribution in [2.75, 3.05) is 12.3 Å². The number of nitrogens with two attached hydrogens (primary N) is 1. The molecule has 88 valence electrons. The monoisotopic (exact) mass is 239 g/mol. The van der Waals surface area contributed by atoms with Crippen LogP contribution in [0.4, 0.5) is 5.13 Å². The summed E-state index contributed by atoms with van der Waals surface area (Å²) in [7, 11) is 0. The minimum Gasteiger partial charge on any atom is -0.375 e. The number of nitrogens with one attached hydrogen (secondary N) is 1. The first-order valence-electron chi connectivity index (χ1n) is 5.58. The van der Waals surface area contributed by atoms with Gasteiger partial charge >= 0.3 is 0 Å². The zero-order chi connectivity index (χ0) is 11.6. The van der Waals surface area contributed by atoms with Crippen LogP contribution in [0, 0.1) is 5.41 Å². The molecule has 0 aliphatic heterocycles. The normalized spacial score (nSPS) is 18.6. The van der Waals surface area contributed by atoms with Crippen LogP contribution >= 0.6 is 11.3 Å². The minimum absolute atomic E-state index is 0.110. The van der Waals surface area contributed by atoms with Crippen molar-refractivity contribution in [3.8, 4) is 0 Å². The smallest absolute Gasteiger partial charge is 0.270 e. The molecule has 0 atom stereocenters. The number of rotatable bonds is 3. The molecule has 1 amide bonds. The van der Waals surface area contributed by atoms with Crippen molar-refractivity contribution < 1.29 is 4.79 Å². The summed E-state index contributed by atoms with van der Waals surface area (Å²) in [5, 5.41) is 5.08. The Labute approximate surface area is 99.3 Å². The SMILES string of the molecule is CC1(CNC(=O)c2csc(N)n2)CCCC1. The van der Waals surface area contributed by atoms with E-state index in [9.17, 15) is 4.79 Å². The largest absolute Gasteiger partial charge is 0.375 e. The number of carbonyl (C=O) groups excluding carboxylic acids is 1. The first-order valence-corrected chi connectivity index (χ1v) is 6.46. The molecule has 0 spiro atoms. The minimum atomic E-state index is -0.110. The first kappa shape index (κ1) is 11.4. The lowest BCUT2D eigenvalue weighted by molar-refractivity contribution is 0.0930. The highest BCUT2D eigenvalue weighted by Gasteiger charge is 2.29. The van der Waals surface area contributed by atoms with Crippen LogP contribution in [0.3, 0.4) is 0 Å². The third-order valence-corrected chi connectivity index (χ3v) is 3.91. The highest BCUT2D eigenvalue weighted by Crippen LogP contribution is 2.36. The lowest BCUT2D eigenvalue weighted by Crippen LogP contribution is -2.34. The number of carbonyl (C=O) groups is 1. The van der Waals surface area contributed by atoms with Gasteiger partial charge in [-0.25, -0.2) is 4.98 Å². The van der Waals surface area contributed by atoms with Crippen LogP contribution in [0.15, 0.2) is 5.38 Å². The van der Waals surface area contributed by atoms with Crippen LogP contribution in [0.2, 0.25) is 0 Å². The van der Waals surface area contributed by atoms with E-state index in [0.717, 1.165) is 6.54 Å². The van der Waals surface area contributed by atoms with Crippen LogP contribution < -0.4 is 11.1 Å². The molecule has 0 aromatic carbocycles. The zero-order valence-corrected chi connectivity index (χ0v) is 10.3. The Morgan fingerprint density at radius 1 is 1.62 bits per heavy atom. The molecular formula is C11H17N3OS. The Balaban J connectivity index is 1.88. The molecule has 0 unspecified atom stereocenters. The molecule has 1 aromatic heterocycles. The van der Waals surface area contributed by atoms with E-state index in [1.165, 1.54) is 37.0 Å². The average molecular weight is 239 g/mol. The molecule has 1 aromatic rings. The van der Waals surface area contributed by atoms with E-state index in [0.29, 0.717) is 10.8 Å². The van der Waals surface area contributed by atoms with E-state index >= 15 is 0 Å². The Morgan fingerprint density at radius 2 is 2.31 bits per heavy atom. The number of nitrogen functional groups attached to an aromatic ring is 1. The van der Waals surface area contributed by atoms with Gasteiger partial charge < -0.3 is 11.1 Å². The number of aromatic nitrogens is 1. The molecule has 2 rings (SSSR count). The van der Waals surface area contributed by atoms with E-state index in [2.05, 4.69) is 17.2 Å². The molecule has 0 radical (unpaired) electrons. The molecule has 5 heteroatoms. The highest BCUT2D eigenvalue weighted by molar-refractivity contribution is 7.13. The molecule has 1 aliphatic rings. The van der Waals surface area contributed by atoms with Gasteiger partial charge in [0.15, 0.2) is 5.13 Å². The molecule has 1 heterocycles. The summed E-state index contributed by atoms with van der Waals surface area (Å²) in [5.74, 6) is -0.110. The number of anilines is 1. The third-order valence-electron chi connectivity index (χ3n) is 3.24. The van der Waals surface area contributed by atoms with E-state index in [-0.39, 0.29) is 11.3 Å². The molecule has 0 saturated heterocycles. The maximum atomic E-state index is 11.7. The van der Waals surface area contributed by atoms with Crippen LogP contribution in [0.1, 0.15) is 43.1 Å². The van der Waals surface area contributed by atoms with Gasteiger partial charge in [0, 0.05) is 11.9 Å². The maximum absolute atomic E-state index is 11.7. The van der Waals surface area contributed by atoms with Crippen LogP contribution in [-0.4, -0.2) is 17.4 Å². The Morgan fingerprint density at radius 3 is 2.88 bits per heavy atom. The summed E-state index contributed by atoms with van der Waals surface area (Å²) in [6.45, 7) is 2.97. The predicted molar refractivity (Wildman–Crippen MR) is 65.4 cm³/mol. The average Bonchev–Trinajstić information content (AvgIpc) is 2.85. The van der Waals surface area contributed by atoms with Crippen molar-refractivity contribution in [1.29, 1.82) is 0 Å². The number of thiazole rings is 1. The number of nitrogens with zero attached hydrogens (tertiary/aromatic N) is 1. The summed E-state index contributed by atoms with van der Waals surface area (Å²) >= 11 is 1.30. The molecule has 1 aliphatic carbocycles. The molecule has 3 N–H and O–H groups in total. The Hall–Kier alpha value is -1.10. The molecule has 4 nitrogen and oxygen atoms in total. The Bertz CT molecular complexity index is 382. The van der Waals surface area contributed by atoms with Crippen molar-refractivity contribution in [1.82, 2.24) is 10.3 Å². The molecular weight excluding hydrogens is 222 g/mol. The number of amides is 1. The van der Waals surface area contributed by atoms with Crippen molar-refractivity contribution in [3.63, 3.8) is 0 Å². The van der Waals surface area contributed by atoms with Gasteiger partial charge in [-0.05, 0) is 18.3 Å². The second kappa shape index (κ2) is 4.41. The van der Waals surface area contributed by atoms with Gasteiger partial charge in [0.1, 0.15) is 5.69 Å². The topological polar surface area (TPSA) is 68.0 Å². The van der Waals surface area contributed by atoms with Crippen molar-refractivity contribution in [2.45, 2.75) is 32.6 Å². The third kappa shape index (κ3) is 2.52. The molecule has 0 bridgehead atoms. The molecule has 1 fully saturated rings. The van der Waals surface area contributed by atoms with Gasteiger partial charge in [0.25, 0.3) is 5.91 Å². The van der Waals surface area contributed by atoms with Crippen molar-refractivity contribution in [3.05, 3.63) is 11.1 Å². The zero-order valence-electron chi connectivity index (χ0n) is 9.45. The van der Waals surface area contributed by atoms with Crippen molar-refractivity contribution >= 4 is 22.4 Å². The van der Waals surface area contributed by atoms with E-state index in [4.69, 9.17) is 5.73 Å².